The molecule has 0 aromatic carbocycles. The van der Waals surface area contributed by atoms with Crippen LogP contribution in [0.3, 0.4) is 0 Å². The van der Waals surface area contributed by atoms with Crippen molar-refractivity contribution in [2.45, 2.75) is 44.7 Å². The molecule has 0 unspecified atom stereocenters. The third-order valence-electron chi connectivity index (χ3n) is 2.87. The zero-order chi connectivity index (χ0) is 11.5. The molecule has 0 saturated heterocycles. The zero-order valence-corrected chi connectivity index (χ0v) is 9.71. The largest absolute Gasteiger partial charge is 0.337 e. The van der Waals surface area contributed by atoms with Crippen LogP contribution in [-0.2, 0) is 4.79 Å². The van der Waals surface area contributed by atoms with E-state index in [2.05, 4.69) is 11.4 Å². The van der Waals surface area contributed by atoms with Gasteiger partial charge >= 0.3 is 0 Å². The minimum absolute atomic E-state index is 0.0998. The van der Waals surface area contributed by atoms with Gasteiger partial charge in [-0.25, -0.2) is 0 Å². The Morgan fingerprint density at radius 1 is 1.60 bits per heavy atom. The van der Waals surface area contributed by atoms with Gasteiger partial charge in [-0.15, -0.1) is 0 Å². The number of nitrogens with one attached hydrogen (secondary N) is 1. The monoisotopic (exact) mass is 209 g/mol. The third-order valence-corrected chi connectivity index (χ3v) is 2.87. The van der Waals surface area contributed by atoms with E-state index >= 15 is 0 Å². The van der Waals surface area contributed by atoms with E-state index in [9.17, 15) is 4.79 Å². The number of hydrogen-bond donors (Lipinski definition) is 1. The Hall–Kier alpha value is -1.08. The van der Waals surface area contributed by atoms with Crippen molar-refractivity contribution in [3.63, 3.8) is 0 Å². The predicted molar refractivity (Wildman–Crippen MR) is 58.1 cm³/mol. The molecule has 1 fully saturated rings. The van der Waals surface area contributed by atoms with Crippen molar-refractivity contribution in [2.75, 3.05) is 13.6 Å². The van der Waals surface area contributed by atoms with Crippen LogP contribution in [0.1, 0.15) is 33.1 Å². The molecule has 0 atom stereocenters. The van der Waals surface area contributed by atoms with E-state index in [-0.39, 0.29) is 5.91 Å². The van der Waals surface area contributed by atoms with E-state index < -0.39 is 5.54 Å². The summed E-state index contributed by atoms with van der Waals surface area (Å²) in [5.41, 5.74) is -0.530. The van der Waals surface area contributed by atoms with Gasteiger partial charge in [0.05, 0.1) is 18.0 Å². The first-order valence-electron chi connectivity index (χ1n) is 5.40. The first kappa shape index (κ1) is 12.0. The maximum absolute atomic E-state index is 12.1. The van der Waals surface area contributed by atoms with E-state index in [4.69, 9.17) is 5.26 Å². The average molecular weight is 209 g/mol. The van der Waals surface area contributed by atoms with Crippen LogP contribution in [-0.4, -0.2) is 36.0 Å². The maximum atomic E-state index is 12.1. The SMILES string of the molecule is CNC(C)(C)C(=O)N(CCC#N)C1CC1. The standard InChI is InChI=1S/C11H19N3O/c1-11(2,13-3)10(15)14(8-4-7-12)9-5-6-9/h9,13H,4-6,8H2,1-3H3. The highest BCUT2D eigenvalue weighted by atomic mass is 16.2. The summed E-state index contributed by atoms with van der Waals surface area (Å²) >= 11 is 0. The maximum Gasteiger partial charge on any atom is 0.242 e. The van der Waals surface area contributed by atoms with Gasteiger partial charge < -0.3 is 10.2 Å². The molecule has 0 bridgehead atoms. The van der Waals surface area contributed by atoms with Crippen LogP contribution in [0, 0.1) is 11.3 Å². The summed E-state index contributed by atoms with van der Waals surface area (Å²) in [6.07, 6.45) is 2.58. The minimum atomic E-state index is -0.530. The molecule has 0 aromatic rings. The molecule has 0 radical (unpaired) electrons. The van der Waals surface area contributed by atoms with E-state index in [0.29, 0.717) is 19.0 Å². The Labute approximate surface area is 91.2 Å². The highest BCUT2D eigenvalue weighted by Crippen LogP contribution is 2.28. The second-order valence-electron chi connectivity index (χ2n) is 4.51. The second kappa shape index (κ2) is 4.63. The average Bonchev–Trinajstić information content (AvgIpc) is 3.02. The lowest BCUT2D eigenvalue weighted by Gasteiger charge is -2.31. The smallest absolute Gasteiger partial charge is 0.242 e. The van der Waals surface area contributed by atoms with Gasteiger partial charge in [-0.1, -0.05) is 0 Å². The predicted octanol–water partition coefficient (Wildman–Crippen LogP) is 0.889. The number of hydrogen-bond acceptors (Lipinski definition) is 3. The Bertz CT molecular complexity index is 276. The van der Waals surface area contributed by atoms with Crippen molar-refractivity contribution in [3.05, 3.63) is 0 Å². The molecule has 1 saturated carbocycles. The molecule has 1 N–H and O–H groups in total. The number of carbonyl (C=O) groups is 1. The van der Waals surface area contributed by atoms with Crippen molar-refractivity contribution in [2.24, 2.45) is 0 Å². The fraction of sp³-hybridized carbons (Fsp3) is 0.818. The fourth-order valence-electron chi connectivity index (χ4n) is 1.47. The van der Waals surface area contributed by atoms with Crippen molar-refractivity contribution in [1.82, 2.24) is 10.2 Å². The van der Waals surface area contributed by atoms with Crippen molar-refractivity contribution >= 4 is 5.91 Å². The highest BCUT2D eigenvalue weighted by molar-refractivity contribution is 5.86. The lowest BCUT2D eigenvalue weighted by Crippen LogP contribution is -2.53. The van der Waals surface area contributed by atoms with Gasteiger partial charge in [-0.3, -0.25) is 4.79 Å². The van der Waals surface area contributed by atoms with Gasteiger partial charge in [0.1, 0.15) is 0 Å². The fourth-order valence-corrected chi connectivity index (χ4v) is 1.47. The molecule has 0 aromatic heterocycles. The molecule has 1 rings (SSSR count). The molecule has 4 heteroatoms. The first-order chi connectivity index (χ1) is 7.03. The third kappa shape index (κ3) is 2.93. The van der Waals surface area contributed by atoms with Crippen molar-refractivity contribution in [3.8, 4) is 6.07 Å². The number of likely N-dealkylation sites (N-methyl/N-ethyl adjacent to an activating group) is 1. The summed E-state index contributed by atoms with van der Waals surface area (Å²) < 4.78 is 0. The minimum Gasteiger partial charge on any atom is -0.337 e. The molecule has 0 spiro atoms. The molecule has 84 valence electrons. The molecule has 1 amide bonds. The van der Waals surface area contributed by atoms with E-state index in [1.807, 2.05) is 18.7 Å². The van der Waals surface area contributed by atoms with Gasteiger partial charge in [0.25, 0.3) is 0 Å². The van der Waals surface area contributed by atoms with Crippen LogP contribution >= 0.6 is 0 Å². The number of nitrogens with zero attached hydrogens (tertiary/aromatic N) is 2. The van der Waals surface area contributed by atoms with Crippen molar-refractivity contribution in [1.29, 1.82) is 5.26 Å². The summed E-state index contributed by atoms with van der Waals surface area (Å²) in [7, 11) is 1.78. The number of carbonyl (C=O) groups excluding carboxylic acids is 1. The summed E-state index contributed by atoms with van der Waals surface area (Å²) in [6, 6.07) is 2.46. The number of rotatable bonds is 5. The first-order valence-corrected chi connectivity index (χ1v) is 5.40. The van der Waals surface area contributed by atoms with Gasteiger partial charge in [0.15, 0.2) is 0 Å². The molecule has 1 aliphatic rings. The lowest BCUT2D eigenvalue weighted by atomic mass is 10.0. The molecule has 15 heavy (non-hydrogen) atoms. The van der Waals surface area contributed by atoms with Crippen LogP contribution in [0.25, 0.3) is 0 Å². The van der Waals surface area contributed by atoms with Gasteiger partial charge in [0, 0.05) is 12.6 Å². The van der Waals surface area contributed by atoms with Crippen LogP contribution < -0.4 is 5.32 Å². The normalized spacial score (nSPS) is 15.9. The van der Waals surface area contributed by atoms with Crippen LogP contribution in [0.15, 0.2) is 0 Å². The summed E-state index contributed by atoms with van der Waals surface area (Å²) in [4.78, 5) is 14.0. The van der Waals surface area contributed by atoms with Crippen LogP contribution in [0.2, 0.25) is 0 Å². The van der Waals surface area contributed by atoms with Gasteiger partial charge in [-0.05, 0) is 33.7 Å². The molecule has 0 aliphatic heterocycles. The van der Waals surface area contributed by atoms with Gasteiger partial charge in [-0.2, -0.15) is 5.26 Å². The van der Waals surface area contributed by atoms with Gasteiger partial charge in [0.2, 0.25) is 5.91 Å². The second-order valence-corrected chi connectivity index (χ2v) is 4.51. The Morgan fingerprint density at radius 3 is 2.60 bits per heavy atom. The van der Waals surface area contributed by atoms with Crippen LogP contribution in [0.5, 0.6) is 0 Å². The van der Waals surface area contributed by atoms with E-state index in [0.717, 1.165) is 12.8 Å². The summed E-state index contributed by atoms with van der Waals surface area (Å²) in [5.74, 6) is 0.0998. The van der Waals surface area contributed by atoms with E-state index in [1.54, 1.807) is 7.05 Å². The Kier molecular flexibility index (Phi) is 3.70. The zero-order valence-electron chi connectivity index (χ0n) is 9.71. The lowest BCUT2D eigenvalue weighted by molar-refractivity contribution is -0.137. The molecule has 1 aliphatic carbocycles. The quantitative estimate of drug-likeness (QED) is 0.731. The number of amides is 1. The summed E-state index contributed by atoms with van der Waals surface area (Å²) in [6.45, 7) is 4.30. The molecular formula is C11H19N3O. The Morgan fingerprint density at radius 2 is 2.20 bits per heavy atom. The highest BCUT2D eigenvalue weighted by Gasteiger charge is 2.38. The number of nitriles is 1. The van der Waals surface area contributed by atoms with Crippen molar-refractivity contribution < 1.29 is 4.79 Å². The molecule has 4 nitrogen and oxygen atoms in total. The summed E-state index contributed by atoms with van der Waals surface area (Å²) in [5, 5.41) is 11.6. The van der Waals surface area contributed by atoms with Crippen LogP contribution in [0.4, 0.5) is 0 Å². The van der Waals surface area contributed by atoms with E-state index in [1.165, 1.54) is 0 Å². The topological polar surface area (TPSA) is 56.1 Å². The molecular weight excluding hydrogens is 190 g/mol. The molecule has 0 heterocycles. The Balaban J connectivity index is 2.63.